The van der Waals surface area contributed by atoms with Gasteiger partial charge < -0.3 is 0 Å². The fourth-order valence-electron chi connectivity index (χ4n) is 0.590. The first-order valence-electron chi connectivity index (χ1n) is 2.62. The lowest BCUT2D eigenvalue weighted by atomic mass is 10.3. The van der Waals surface area contributed by atoms with Crippen molar-refractivity contribution in [1.29, 1.82) is 0 Å². The molecule has 0 saturated heterocycles. The van der Waals surface area contributed by atoms with E-state index >= 15 is 0 Å². The molecule has 0 aliphatic carbocycles. The quantitative estimate of drug-likeness (QED) is 0.589. The zero-order valence-corrected chi connectivity index (χ0v) is 9.07. The van der Waals surface area contributed by atoms with E-state index in [1.54, 1.807) is 12.3 Å². The third-order valence-corrected chi connectivity index (χ3v) is 2.50. The van der Waals surface area contributed by atoms with Gasteiger partial charge in [0.25, 0.3) is 5.24 Å². The van der Waals surface area contributed by atoms with Gasteiger partial charge in [-0.05, 0) is 49.5 Å². The predicted octanol–water partition coefficient (Wildman–Crippen LogP) is 2.99. The number of rotatable bonds is 1. The molecule has 0 bridgehead atoms. The van der Waals surface area contributed by atoms with Gasteiger partial charge >= 0.3 is 0 Å². The Hall–Kier alpha value is 0.0700. The molecule has 0 aliphatic rings. The molecule has 11 heavy (non-hydrogen) atoms. The van der Waals surface area contributed by atoms with E-state index in [0.29, 0.717) is 14.6 Å². The fraction of sp³-hybridized carbons (Fsp3) is 0. The van der Waals surface area contributed by atoms with E-state index < -0.39 is 5.24 Å². The lowest BCUT2D eigenvalue weighted by molar-refractivity contribution is 0.107. The molecule has 0 N–H and O–H groups in total. The summed E-state index contributed by atoms with van der Waals surface area (Å²) in [4.78, 5) is 14.6. The van der Waals surface area contributed by atoms with Crippen molar-refractivity contribution in [3.05, 3.63) is 26.9 Å². The van der Waals surface area contributed by atoms with Gasteiger partial charge in [0.2, 0.25) is 0 Å². The summed E-state index contributed by atoms with van der Waals surface area (Å²) in [6.07, 6.45) is 1.57. The standard InChI is InChI=1S/C6H2Br2ClNO/c7-3-1-2-10-5(8)4(3)6(9)11/h1-2H. The van der Waals surface area contributed by atoms with Crippen molar-refractivity contribution in [2.24, 2.45) is 0 Å². The summed E-state index contributed by atoms with van der Waals surface area (Å²) in [5, 5.41) is -0.531. The average Bonchev–Trinajstić information content (AvgIpc) is 1.85. The first kappa shape index (κ1) is 9.16. The van der Waals surface area contributed by atoms with Gasteiger partial charge in [0.1, 0.15) is 4.60 Å². The Kier molecular flexibility index (Phi) is 3.04. The van der Waals surface area contributed by atoms with Crippen LogP contribution in [0.25, 0.3) is 0 Å². The van der Waals surface area contributed by atoms with Gasteiger partial charge in [0.05, 0.1) is 5.56 Å². The average molecular weight is 299 g/mol. The number of nitrogens with zero attached hydrogens (tertiary/aromatic N) is 1. The Morgan fingerprint density at radius 1 is 1.55 bits per heavy atom. The smallest absolute Gasteiger partial charge is 0.256 e. The molecule has 0 atom stereocenters. The number of halogens is 3. The van der Waals surface area contributed by atoms with E-state index in [1.807, 2.05) is 0 Å². The highest BCUT2D eigenvalue weighted by Gasteiger charge is 2.11. The molecule has 0 saturated carbocycles. The summed E-state index contributed by atoms with van der Waals surface area (Å²) in [5.74, 6) is 0. The van der Waals surface area contributed by atoms with Crippen LogP contribution in [-0.4, -0.2) is 10.2 Å². The Labute approximate surface area is 85.2 Å². The number of hydrogen-bond donors (Lipinski definition) is 0. The first-order chi connectivity index (χ1) is 5.13. The zero-order chi connectivity index (χ0) is 8.43. The molecule has 5 heteroatoms. The topological polar surface area (TPSA) is 30.0 Å². The highest BCUT2D eigenvalue weighted by atomic mass is 79.9. The van der Waals surface area contributed by atoms with Gasteiger partial charge in [0.15, 0.2) is 0 Å². The molecule has 2 nitrogen and oxygen atoms in total. The van der Waals surface area contributed by atoms with Crippen molar-refractivity contribution in [3.8, 4) is 0 Å². The number of pyridine rings is 1. The molecular weight excluding hydrogens is 297 g/mol. The van der Waals surface area contributed by atoms with Crippen LogP contribution >= 0.6 is 43.5 Å². The van der Waals surface area contributed by atoms with Crippen molar-refractivity contribution in [1.82, 2.24) is 4.98 Å². The van der Waals surface area contributed by atoms with Crippen molar-refractivity contribution >= 4 is 48.7 Å². The highest BCUT2D eigenvalue weighted by Crippen LogP contribution is 2.24. The SMILES string of the molecule is O=C(Cl)c1c(Br)ccnc1Br. The maximum atomic E-state index is 10.8. The van der Waals surface area contributed by atoms with E-state index in [1.165, 1.54) is 0 Å². The Bertz CT molecular complexity index is 282. The maximum Gasteiger partial charge on any atom is 0.256 e. The van der Waals surface area contributed by atoms with E-state index in [0.717, 1.165) is 0 Å². The Morgan fingerprint density at radius 2 is 2.18 bits per heavy atom. The molecule has 1 rings (SSSR count). The van der Waals surface area contributed by atoms with Gasteiger partial charge in [-0.3, -0.25) is 4.79 Å². The second kappa shape index (κ2) is 3.65. The Balaban J connectivity index is 3.32. The van der Waals surface area contributed by atoms with Crippen LogP contribution < -0.4 is 0 Å². The van der Waals surface area contributed by atoms with Crippen molar-refractivity contribution in [2.75, 3.05) is 0 Å². The van der Waals surface area contributed by atoms with Gasteiger partial charge in [-0.25, -0.2) is 4.98 Å². The minimum absolute atomic E-state index is 0.356. The largest absolute Gasteiger partial charge is 0.275 e. The number of carbonyl (C=O) groups is 1. The second-order valence-electron chi connectivity index (χ2n) is 1.73. The van der Waals surface area contributed by atoms with E-state index in [9.17, 15) is 4.79 Å². The molecule has 0 aliphatic heterocycles. The van der Waals surface area contributed by atoms with Crippen LogP contribution in [0.2, 0.25) is 0 Å². The van der Waals surface area contributed by atoms with E-state index in [-0.39, 0.29) is 0 Å². The molecular formula is C6H2Br2ClNO. The zero-order valence-electron chi connectivity index (χ0n) is 5.14. The fourth-order valence-corrected chi connectivity index (χ4v) is 2.27. The van der Waals surface area contributed by atoms with E-state index in [4.69, 9.17) is 11.6 Å². The summed E-state index contributed by atoms with van der Waals surface area (Å²) < 4.78 is 1.09. The predicted molar refractivity (Wildman–Crippen MR) is 49.8 cm³/mol. The van der Waals surface area contributed by atoms with E-state index in [2.05, 4.69) is 36.8 Å². The molecule has 58 valence electrons. The van der Waals surface area contributed by atoms with Crippen LogP contribution in [-0.2, 0) is 0 Å². The van der Waals surface area contributed by atoms with Crippen LogP contribution in [0.5, 0.6) is 0 Å². The van der Waals surface area contributed by atoms with Gasteiger partial charge in [0, 0.05) is 10.7 Å². The lowest BCUT2D eigenvalue weighted by Gasteiger charge is -1.98. The second-order valence-corrected chi connectivity index (χ2v) is 3.68. The Morgan fingerprint density at radius 3 is 2.55 bits per heavy atom. The highest BCUT2D eigenvalue weighted by molar-refractivity contribution is 9.11. The molecule has 0 aromatic carbocycles. The summed E-state index contributed by atoms with van der Waals surface area (Å²) in [6.45, 7) is 0. The summed E-state index contributed by atoms with van der Waals surface area (Å²) in [6, 6.07) is 1.65. The summed E-state index contributed by atoms with van der Waals surface area (Å²) >= 11 is 11.5. The van der Waals surface area contributed by atoms with Crippen molar-refractivity contribution in [3.63, 3.8) is 0 Å². The van der Waals surface area contributed by atoms with Crippen LogP contribution in [0.1, 0.15) is 10.4 Å². The molecule has 0 unspecified atom stereocenters. The maximum absolute atomic E-state index is 10.8. The minimum atomic E-state index is -0.531. The third kappa shape index (κ3) is 2.01. The monoisotopic (exact) mass is 297 g/mol. The molecule has 0 amide bonds. The van der Waals surface area contributed by atoms with Crippen LogP contribution in [0, 0.1) is 0 Å². The van der Waals surface area contributed by atoms with Gasteiger partial charge in [-0.2, -0.15) is 0 Å². The molecule has 1 aromatic heterocycles. The molecule has 1 aromatic rings. The number of hydrogen-bond acceptors (Lipinski definition) is 2. The molecule has 0 fully saturated rings. The van der Waals surface area contributed by atoms with Crippen molar-refractivity contribution < 1.29 is 4.79 Å². The molecule has 0 radical (unpaired) electrons. The summed E-state index contributed by atoms with van der Waals surface area (Å²) in [5.41, 5.74) is 0.356. The molecule has 0 spiro atoms. The van der Waals surface area contributed by atoms with Crippen LogP contribution in [0.3, 0.4) is 0 Å². The van der Waals surface area contributed by atoms with Gasteiger partial charge in [-0.15, -0.1) is 0 Å². The number of aromatic nitrogens is 1. The third-order valence-electron chi connectivity index (χ3n) is 1.05. The molecule has 1 heterocycles. The van der Waals surface area contributed by atoms with Gasteiger partial charge in [-0.1, -0.05) is 0 Å². The number of carbonyl (C=O) groups excluding carboxylic acids is 1. The normalized spacial score (nSPS) is 9.73. The first-order valence-corrected chi connectivity index (χ1v) is 4.59. The minimum Gasteiger partial charge on any atom is -0.275 e. The van der Waals surface area contributed by atoms with Crippen LogP contribution in [0.4, 0.5) is 0 Å². The summed E-state index contributed by atoms with van der Waals surface area (Å²) in [7, 11) is 0. The van der Waals surface area contributed by atoms with Crippen molar-refractivity contribution in [2.45, 2.75) is 0 Å². The van der Waals surface area contributed by atoms with Crippen LogP contribution in [0.15, 0.2) is 21.3 Å². The lowest BCUT2D eigenvalue weighted by Crippen LogP contribution is -1.93.